The molecule has 9 nitrogen and oxygen atoms in total. The van der Waals surface area contributed by atoms with Crippen molar-refractivity contribution in [1.29, 1.82) is 0 Å². The van der Waals surface area contributed by atoms with E-state index in [4.69, 9.17) is 4.74 Å². The van der Waals surface area contributed by atoms with Crippen molar-refractivity contribution in [1.82, 2.24) is 29.8 Å². The molecule has 0 amide bonds. The number of anilines is 2. The van der Waals surface area contributed by atoms with Gasteiger partial charge in [-0.25, -0.2) is 13.8 Å². The maximum atomic E-state index is 14.3. The van der Waals surface area contributed by atoms with E-state index in [1.165, 1.54) is 0 Å². The van der Waals surface area contributed by atoms with Crippen LogP contribution in [0.15, 0.2) is 18.7 Å². The largest absolute Gasteiger partial charge is 0.378 e. The quantitative estimate of drug-likeness (QED) is 0.685. The molecule has 0 radical (unpaired) electrons. The van der Waals surface area contributed by atoms with Gasteiger partial charge in [-0.1, -0.05) is 6.92 Å². The molecule has 3 aromatic rings. The summed E-state index contributed by atoms with van der Waals surface area (Å²) in [7, 11) is 0. The van der Waals surface area contributed by atoms with Gasteiger partial charge in [0.25, 0.3) is 0 Å². The molecule has 2 aliphatic heterocycles. The number of nitrogens with one attached hydrogen (secondary N) is 2. The summed E-state index contributed by atoms with van der Waals surface area (Å²) in [4.78, 5) is 11.1. The third kappa shape index (κ3) is 3.28. The molecule has 11 heteroatoms. The van der Waals surface area contributed by atoms with Crippen LogP contribution in [0, 0.1) is 5.92 Å². The number of ether oxygens (including phenoxy) is 1. The van der Waals surface area contributed by atoms with Gasteiger partial charge in [0, 0.05) is 37.4 Å². The number of halogens is 2. The maximum Gasteiger partial charge on any atom is 0.243 e. The second-order valence-corrected chi connectivity index (χ2v) is 7.66. The van der Waals surface area contributed by atoms with Crippen molar-refractivity contribution in [3.63, 3.8) is 0 Å². The summed E-state index contributed by atoms with van der Waals surface area (Å²) in [6.45, 7) is 3.25. The molecule has 5 rings (SSSR count). The van der Waals surface area contributed by atoms with Crippen LogP contribution in [-0.2, 0) is 4.74 Å². The van der Waals surface area contributed by atoms with Gasteiger partial charge in [-0.05, 0) is 6.42 Å². The predicted molar refractivity (Wildman–Crippen MR) is 102 cm³/mol. The molecule has 0 bridgehead atoms. The van der Waals surface area contributed by atoms with Crippen LogP contribution in [-0.4, -0.2) is 74.5 Å². The van der Waals surface area contributed by atoms with Crippen molar-refractivity contribution >= 4 is 17.3 Å². The number of nitrogens with zero attached hydrogens (tertiary/aromatic N) is 6. The Labute approximate surface area is 165 Å². The lowest BCUT2D eigenvalue weighted by atomic mass is 10.1. The van der Waals surface area contributed by atoms with E-state index < -0.39 is 18.4 Å². The molecule has 0 unspecified atom stereocenters. The standard InChI is InChI=1S/C18H22F2N8O/c1-10-6-27(7-12(10)19)16-15(11-4-22-23-5-11)21-9-28-17(16)25-18(26-28)24-14-2-3-29-8-13(14)20/h4-5,9-10,12-14H,2-3,6-8H2,1H3,(H,22,23)(H,24,26)/t10-,12+,13+,14-/m0/s1. The van der Waals surface area contributed by atoms with Crippen LogP contribution in [0.1, 0.15) is 13.3 Å². The molecule has 0 aromatic carbocycles. The molecule has 0 saturated carbocycles. The molecule has 2 N–H and O–H groups in total. The highest BCUT2D eigenvalue weighted by Gasteiger charge is 2.34. The Bertz CT molecular complexity index is 983. The van der Waals surface area contributed by atoms with E-state index in [2.05, 4.69) is 30.6 Å². The number of rotatable bonds is 4. The second-order valence-electron chi connectivity index (χ2n) is 7.66. The molecule has 3 aromatic heterocycles. The highest BCUT2D eigenvalue weighted by atomic mass is 19.1. The molecule has 29 heavy (non-hydrogen) atoms. The van der Waals surface area contributed by atoms with Gasteiger partial charge in [-0.3, -0.25) is 5.10 Å². The minimum atomic E-state index is -1.12. The van der Waals surface area contributed by atoms with Gasteiger partial charge in [0.2, 0.25) is 5.95 Å². The zero-order valence-electron chi connectivity index (χ0n) is 15.9. The van der Waals surface area contributed by atoms with E-state index in [0.29, 0.717) is 42.5 Å². The van der Waals surface area contributed by atoms with Gasteiger partial charge in [0.15, 0.2) is 5.65 Å². The van der Waals surface area contributed by atoms with Crippen molar-refractivity contribution < 1.29 is 13.5 Å². The number of hydrogen-bond donors (Lipinski definition) is 2. The van der Waals surface area contributed by atoms with Gasteiger partial charge in [0.05, 0.1) is 18.8 Å². The summed E-state index contributed by atoms with van der Waals surface area (Å²) < 4.78 is 35.1. The summed E-state index contributed by atoms with van der Waals surface area (Å²) in [6.07, 6.45) is 3.45. The van der Waals surface area contributed by atoms with Crippen LogP contribution in [0.2, 0.25) is 0 Å². The summed E-state index contributed by atoms with van der Waals surface area (Å²) in [5.41, 5.74) is 2.68. The molecule has 5 heterocycles. The fraction of sp³-hybridized carbons (Fsp3) is 0.556. The molecule has 0 aliphatic carbocycles. The van der Waals surface area contributed by atoms with E-state index in [-0.39, 0.29) is 19.1 Å². The Morgan fingerprint density at radius 2 is 2.17 bits per heavy atom. The minimum absolute atomic E-state index is 0.0615. The average Bonchev–Trinajstić information content (AvgIpc) is 3.43. The smallest absolute Gasteiger partial charge is 0.243 e. The van der Waals surface area contributed by atoms with Crippen LogP contribution in [0.5, 0.6) is 0 Å². The Morgan fingerprint density at radius 1 is 1.28 bits per heavy atom. The zero-order valence-corrected chi connectivity index (χ0v) is 15.9. The minimum Gasteiger partial charge on any atom is -0.378 e. The second kappa shape index (κ2) is 7.21. The van der Waals surface area contributed by atoms with E-state index >= 15 is 0 Å². The molecule has 2 aliphatic rings. The average molecular weight is 404 g/mol. The fourth-order valence-corrected chi connectivity index (χ4v) is 3.93. The van der Waals surface area contributed by atoms with E-state index in [1.54, 1.807) is 23.2 Å². The molecule has 4 atom stereocenters. The number of aromatic amines is 1. The van der Waals surface area contributed by atoms with Crippen LogP contribution in [0.4, 0.5) is 20.4 Å². The van der Waals surface area contributed by atoms with Gasteiger partial charge in [-0.2, -0.15) is 14.6 Å². The fourth-order valence-electron chi connectivity index (χ4n) is 3.93. The van der Waals surface area contributed by atoms with Crippen LogP contribution in [0.3, 0.4) is 0 Å². The number of H-pyrrole nitrogens is 1. The lowest BCUT2D eigenvalue weighted by Gasteiger charge is -2.26. The van der Waals surface area contributed by atoms with Gasteiger partial charge in [0.1, 0.15) is 30.1 Å². The lowest BCUT2D eigenvalue weighted by molar-refractivity contribution is 0.0284. The van der Waals surface area contributed by atoms with Crippen molar-refractivity contribution in [2.75, 3.05) is 36.5 Å². The Balaban J connectivity index is 1.56. The predicted octanol–water partition coefficient (Wildman–Crippen LogP) is 1.85. The van der Waals surface area contributed by atoms with Crippen molar-refractivity contribution in [2.45, 2.75) is 31.7 Å². The molecule has 2 fully saturated rings. The van der Waals surface area contributed by atoms with Gasteiger partial charge in [-0.15, -0.1) is 5.10 Å². The van der Waals surface area contributed by atoms with Gasteiger partial charge >= 0.3 is 0 Å². The van der Waals surface area contributed by atoms with Crippen molar-refractivity contribution in [3.05, 3.63) is 18.7 Å². The number of hydrogen-bond acceptors (Lipinski definition) is 7. The zero-order chi connectivity index (χ0) is 20.0. The van der Waals surface area contributed by atoms with Gasteiger partial charge < -0.3 is 15.0 Å². The topological polar surface area (TPSA) is 96.3 Å². The van der Waals surface area contributed by atoms with Crippen LogP contribution < -0.4 is 10.2 Å². The highest BCUT2D eigenvalue weighted by molar-refractivity contribution is 5.85. The van der Waals surface area contributed by atoms with Crippen molar-refractivity contribution in [3.8, 4) is 11.3 Å². The molecule has 0 spiro atoms. The number of alkyl halides is 2. The first-order valence-corrected chi connectivity index (χ1v) is 9.72. The maximum absolute atomic E-state index is 14.3. The monoisotopic (exact) mass is 404 g/mol. The Hall–Kier alpha value is -2.82. The Morgan fingerprint density at radius 3 is 2.90 bits per heavy atom. The molecular weight excluding hydrogens is 382 g/mol. The summed E-state index contributed by atoms with van der Waals surface area (Å²) in [5.74, 6) is 0.221. The van der Waals surface area contributed by atoms with Crippen molar-refractivity contribution in [2.24, 2.45) is 5.92 Å². The first-order chi connectivity index (χ1) is 14.1. The molecule has 154 valence electrons. The SMILES string of the molecule is C[C@H]1CN(c2c(-c3cn[nH]c3)ncn3nc(N[C@H]4CCOC[C@H]4F)nc23)C[C@H]1F. The third-order valence-electron chi connectivity index (χ3n) is 5.57. The molecule has 2 saturated heterocycles. The summed E-state index contributed by atoms with van der Waals surface area (Å²) in [6, 6.07) is -0.409. The third-order valence-corrected chi connectivity index (χ3v) is 5.57. The highest BCUT2D eigenvalue weighted by Crippen LogP contribution is 2.36. The normalized spacial score (nSPS) is 27.6. The summed E-state index contributed by atoms with van der Waals surface area (Å²) in [5, 5.41) is 14.3. The Kier molecular flexibility index (Phi) is 4.53. The van der Waals surface area contributed by atoms with E-state index in [1.807, 2.05) is 11.8 Å². The van der Waals surface area contributed by atoms with E-state index in [0.717, 1.165) is 5.56 Å². The number of fused-ring (bicyclic) bond motifs is 1. The summed E-state index contributed by atoms with van der Waals surface area (Å²) >= 11 is 0. The van der Waals surface area contributed by atoms with E-state index in [9.17, 15) is 8.78 Å². The van der Waals surface area contributed by atoms with Crippen LogP contribution in [0.25, 0.3) is 16.9 Å². The first kappa shape index (κ1) is 18.2. The first-order valence-electron chi connectivity index (χ1n) is 9.72. The van der Waals surface area contributed by atoms with Crippen LogP contribution >= 0.6 is 0 Å². The number of aromatic nitrogens is 6. The lowest BCUT2D eigenvalue weighted by Crippen LogP contribution is -2.39. The molecular formula is C18H22F2N8O.